The minimum Gasteiger partial charge on any atom is -0.389 e. The van der Waals surface area contributed by atoms with E-state index in [1.54, 1.807) is 6.20 Å². The van der Waals surface area contributed by atoms with Gasteiger partial charge in [-0.05, 0) is 49.4 Å². The molecule has 1 aliphatic carbocycles. The summed E-state index contributed by atoms with van der Waals surface area (Å²) in [5, 5.41) is 22.2. The van der Waals surface area contributed by atoms with Gasteiger partial charge in [-0.2, -0.15) is 12.0 Å². The fourth-order valence-corrected chi connectivity index (χ4v) is 4.84. The smallest absolute Gasteiger partial charge is 0.389 e. The topological polar surface area (TPSA) is 68.3 Å². The van der Waals surface area contributed by atoms with Gasteiger partial charge in [0.2, 0.25) is 0 Å². The zero-order chi connectivity index (χ0) is 22.6. The largest absolute Gasteiger partial charge is 2.00 e. The summed E-state index contributed by atoms with van der Waals surface area (Å²) >= 11 is 0. The maximum absolute atomic E-state index is 10.0. The molecule has 2 aromatic rings. The first-order chi connectivity index (χ1) is 15.5. The van der Waals surface area contributed by atoms with Crippen molar-refractivity contribution in [3.8, 4) is 6.07 Å². The van der Waals surface area contributed by atoms with Crippen molar-refractivity contribution >= 4 is 11.4 Å². The molecule has 7 heteroatoms. The zero-order valence-corrected chi connectivity index (χ0v) is 24.9. The quantitative estimate of drug-likeness (QED) is 0.323. The average molecular weight is 686 g/mol. The van der Waals surface area contributed by atoms with Gasteiger partial charge in [0, 0.05) is 49.2 Å². The van der Waals surface area contributed by atoms with Gasteiger partial charge in [0.15, 0.2) is 0 Å². The van der Waals surface area contributed by atoms with Crippen LogP contribution in [-0.2, 0) is 0 Å². The van der Waals surface area contributed by atoms with Crippen LogP contribution in [0.3, 0.4) is 0 Å². The van der Waals surface area contributed by atoms with Crippen LogP contribution in [0.25, 0.3) is 0 Å². The second-order valence-electron chi connectivity index (χ2n) is 9.32. The van der Waals surface area contributed by atoms with Crippen LogP contribution in [0.1, 0.15) is 63.5 Å². The van der Waals surface area contributed by atoms with Crippen molar-refractivity contribution in [1.82, 2.24) is 9.66 Å². The number of imidazole rings is 1. The molecule has 1 N–H and O–H groups in total. The predicted octanol–water partition coefficient (Wildman–Crippen LogP) is 5.14. The Bertz CT molecular complexity index is 978. The SMILES string of the molecule is CC[CH-]c1cc(N(CC2(C)C=CC(O)CC2)n2ccnc2)cc(N2CCCCC2)c1C#N.[CH3-].[U+2]. The number of benzene rings is 1. The van der Waals surface area contributed by atoms with Gasteiger partial charge in [0.25, 0.3) is 0 Å². The Morgan fingerprint density at radius 1 is 1.29 bits per heavy atom. The van der Waals surface area contributed by atoms with Gasteiger partial charge in [-0.1, -0.05) is 32.4 Å². The summed E-state index contributed by atoms with van der Waals surface area (Å²) in [5.74, 6) is 0. The van der Waals surface area contributed by atoms with E-state index in [2.05, 4.69) is 59.4 Å². The van der Waals surface area contributed by atoms with Gasteiger partial charge in [-0.3, -0.25) is 5.01 Å². The van der Waals surface area contributed by atoms with Crippen LogP contribution in [-0.4, -0.2) is 40.5 Å². The fourth-order valence-electron chi connectivity index (χ4n) is 4.84. The Morgan fingerprint density at radius 3 is 2.65 bits per heavy atom. The molecule has 1 aliphatic heterocycles. The minimum absolute atomic E-state index is 0. The van der Waals surface area contributed by atoms with Gasteiger partial charge < -0.3 is 17.4 Å². The number of aromatic nitrogens is 2. The number of hydrogen-bond donors (Lipinski definition) is 1. The first-order valence-electron chi connectivity index (χ1n) is 11.8. The Morgan fingerprint density at radius 2 is 2.06 bits per heavy atom. The summed E-state index contributed by atoms with van der Waals surface area (Å²) in [6.45, 7) is 7.10. The van der Waals surface area contributed by atoms with Crippen LogP contribution in [0, 0.1) is 61.7 Å². The molecule has 1 aromatic heterocycles. The number of nitriles is 1. The van der Waals surface area contributed by atoms with E-state index < -0.39 is 0 Å². The molecule has 0 amide bonds. The zero-order valence-electron chi connectivity index (χ0n) is 20.7. The van der Waals surface area contributed by atoms with Crippen molar-refractivity contribution in [2.75, 3.05) is 29.5 Å². The molecule has 0 spiro atoms. The van der Waals surface area contributed by atoms with Crippen LogP contribution >= 0.6 is 0 Å². The van der Waals surface area contributed by atoms with Crippen LogP contribution in [0.4, 0.5) is 11.4 Å². The van der Waals surface area contributed by atoms with E-state index in [0.717, 1.165) is 61.4 Å². The molecule has 0 radical (unpaired) electrons. The maximum atomic E-state index is 10.0. The van der Waals surface area contributed by atoms with E-state index in [1.165, 1.54) is 19.3 Å². The van der Waals surface area contributed by atoms with Crippen LogP contribution in [0.2, 0.25) is 0 Å². The number of rotatable bonds is 7. The average Bonchev–Trinajstić information content (AvgIpc) is 3.35. The van der Waals surface area contributed by atoms with Crippen molar-refractivity contribution in [1.29, 1.82) is 5.26 Å². The van der Waals surface area contributed by atoms with Crippen LogP contribution < -0.4 is 9.91 Å². The van der Waals surface area contributed by atoms with Gasteiger partial charge in [0.1, 0.15) is 6.33 Å². The van der Waals surface area contributed by atoms with Gasteiger partial charge in [-0.15, -0.1) is 6.07 Å². The van der Waals surface area contributed by atoms with Crippen molar-refractivity contribution in [2.45, 2.75) is 58.5 Å². The summed E-state index contributed by atoms with van der Waals surface area (Å²) < 4.78 is 2.03. The third kappa shape index (κ3) is 6.42. The molecule has 1 fully saturated rings. The van der Waals surface area contributed by atoms with Crippen molar-refractivity contribution < 1.29 is 36.2 Å². The summed E-state index contributed by atoms with van der Waals surface area (Å²) in [5.41, 5.74) is 3.79. The standard InChI is InChI=1S/C26H34N5O.CH3.U/c1-3-7-21-16-22(17-25(24(21)18-27)29-13-5-4-6-14-29)31(30-15-12-28-20-30)19-26(2)10-8-23(32)9-11-26;;/h7-8,10,12,15-17,20,23,32H,3-6,9,11,13-14,19H2,1-2H3;1H3;/q2*-1;+2. The number of aliphatic hydroxyl groups is 1. The summed E-state index contributed by atoms with van der Waals surface area (Å²) in [6, 6.07) is 6.81. The van der Waals surface area contributed by atoms with Crippen molar-refractivity contribution in [3.63, 3.8) is 0 Å². The molecule has 6 nitrogen and oxygen atoms in total. The summed E-state index contributed by atoms with van der Waals surface area (Å²) in [6.07, 6.45) is 17.6. The molecule has 1 saturated heterocycles. The van der Waals surface area contributed by atoms with E-state index in [-0.39, 0.29) is 50.1 Å². The maximum Gasteiger partial charge on any atom is 2.00 e. The first-order valence-corrected chi connectivity index (χ1v) is 11.8. The predicted molar refractivity (Wildman–Crippen MR) is 135 cm³/mol. The summed E-state index contributed by atoms with van der Waals surface area (Å²) in [7, 11) is 0. The van der Waals surface area contributed by atoms with Gasteiger partial charge in [-0.25, -0.2) is 14.9 Å². The Kier molecular flexibility index (Phi) is 10.6. The molecule has 4 rings (SSSR count). The number of anilines is 2. The molecule has 0 bridgehead atoms. The molecular weight excluding hydrogens is 648 g/mol. The van der Waals surface area contributed by atoms with E-state index in [4.69, 9.17) is 0 Å². The molecule has 0 saturated carbocycles. The molecule has 34 heavy (non-hydrogen) atoms. The molecule has 2 unspecified atom stereocenters. The third-order valence-electron chi connectivity index (χ3n) is 6.68. The Hall–Kier alpha value is -1.86. The molecule has 2 atom stereocenters. The van der Waals surface area contributed by atoms with Crippen LogP contribution in [0.15, 0.2) is 43.0 Å². The Labute approximate surface area is 229 Å². The Balaban J connectivity index is 0.00000204. The fraction of sp³-hybridized carbons (Fsp3) is 0.481. The number of aliphatic hydroxyl groups excluding tert-OH is 1. The van der Waals surface area contributed by atoms with Gasteiger partial charge >= 0.3 is 31.1 Å². The molecule has 180 valence electrons. The second kappa shape index (κ2) is 12.7. The second-order valence-corrected chi connectivity index (χ2v) is 9.32. The van der Waals surface area contributed by atoms with E-state index in [9.17, 15) is 10.4 Å². The molecular formula is C27H37N5OU. The van der Waals surface area contributed by atoms with E-state index >= 15 is 0 Å². The van der Waals surface area contributed by atoms with Crippen molar-refractivity contribution in [2.24, 2.45) is 5.41 Å². The number of piperidine rings is 1. The van der Waals surface area contributed by atoms with Crippen molar-refractivity contribution in [3.05, 3.63) is 68.0 Å². The monoisotopic (exact) mass is 685 g/mol. The van der Waals surface area contributed by atoms with Crippen LogP contribution in [0.5, 0.6) is 0 Å². The normalized spacial score (nSPS) is 21.7. The number of nitrogens with zero attached hydrogens (tertiary/aromatic N) is 5. The van der Waals surface area contributed by atoms with E-state index in [0.29, 0.717) is 0 Å². The van der Waals surface area contributed by atoms with Gasteiger partial charge in [0.05, 0.1) is 6.10 Å². The number of hydrogen-bond acceptors (Lipinski definition) is 5. The van der Waals surface area contributed by atoms with E-state index in [1.807, 2.05) is 23.3 Å². The third-order valence-corrected chi connectivity index (χ3v) is 6.68. The molecule has 2 heterocycles. The summed E-state index contributed by atoms with van der Waals surface area (Å²) in [4.78, 5) is 6.67. The molecule has 2 aliphatic rings. The first kappa shape index (κ1) is 28.4. The molecule has 1 aromatic carbocycles. The minimum atomic E-state index is -0.351.